The van der Waals surface area contributed by atoms with Crippen LogP contribution in [0.1, 0.15) is 20.7 Å². The Bertz CT molecular complexity index is 1690. The third kappa shape index (κ3) is 2.69. The van der Waals surface area contributed by atoms with Crippen LogP contribution in [0.2, 0.25) is 0 Å². The lowest BCUT2D eigenvalue weighted by Crippen LogP contribution is -2.40. The molecule has 1 N–H and O–H groups in total. The fourth-order valence-electron chi connectivity index (χ4n) is 4.26. The highest BCUT2D eigenvalue weighted by atomic mass is 16.6. The Hall–Kier alpha value is -5.12. The monoisotopic (exact) mass is 451 g/mol. The zero-order chi connectivity index (χ0) is 23.6. The first-order chi connectivity index (χ1) is 16.4. The quantitative estimate of drug-likeness (QED) is 0.249. The van der Waals surface area contributed by atoms with Crippen molar-refractivity contribution in [3.05, 3.63) is 94.0 Å². The van der Waals surface area contributed by atoms with E-state index in [1.165, 1.54) is 29.1 Å². The average molecular weight is 451 g/mol. The van der Waals surface area contributed by atoms with Crippen LogP contribution in [0.3, 0.4) is 0 Å². The van der Waals surface area contributed by atoms with Crippen molar-refractivity contribution in [1.29, 1.82) is 0 Å². The van der Waals surface area contributed by atoms with Crippen LogP contribution >= 0.6 is 0 Å². The van der Waals surface area contributed by atoms with E-state index in [1.54, 1.807) is 48.5 Å². The smallest absolute Gasteiger partial charge is 0.277 e. The van der Waals surface area contributed by atoms with Gasteiger partial charge in [0.2, 0.25) is 0 Å². The molecule has 0 saturated heterocycles. The summed E-state index contributed by atoms with van der Waals surface area (Å²) in [7, 11) is 0. The van der Waals surface area contributed by atoms with E-state index in [4.69, 9.17) is 0 Å². The summed E-state index contributed by atoms with van der Waals surface area (Å²) in [6.45, 7) is 0. The molecule has 34 heavy (non-hydrogen) atoms. The molecular formula is C24H13N5O5. The molecule has 0 bridgehead atoms. The number of carbonyl (C=O) groups is 2. The summed E-state index contributed by atoms with van der Waals surface area (Å²) in [6, 6.07) is 18.6. The van der Waals surface area contributed by atoms with Crippen LogP contribution in [-0.2, 0) is 0 Å². The van der Waals surface area contributed by atoms with Crippen molar-refractivity contribution in [1.82, 2.24) is 15.0 Å². The first kappa shape index (κ1) is 19.6. The van der Waals surface area contributed by atoms with Crippen LogP contribution in [0.15, 0.2) is 72.8 Å². The summed E-state index contributed by atoms with van der Waals surface area (Å²) in [5.74, 6) is -1.17. The van der Waals surface area contributed by atoms with E-state index in [0.717, 1.165) is 4.90 Å². The second-order valence-corrected chi connectivity index (χ2v) is 7.71. The number of fused-ring (bicyclic) bond motifs is 1. The zero-order valence-electron chi connectivity index (χ0n) is 17.2. The van der Waals surface area contributed by atoms with Crippen LogP contribution in [0.25, 0.3) is 27.5 Å². The van der Waals surface area contributed by atoms with E-state index in [2.05, 4.69) is 10.2 Å². The predicted molar refractivity (Wildman–Crippen MR) is 122 cm³/mol. The highest BCUT2D eigenvalue weighted by Gasteiger charge is 2.35. The molecule has 10 heteroatoms. The molecule has 1 aromatic heterocycles. The maximum absolute atomic E-state index is 13.4. The highest BCUT2D eigenvalue weighted by Crippen LogP contribution is 2.37. The van der Waals surface area contributed by atoms with Crippen molar-refractivity contribution in [3.63, 3.8) is 0 Å². The van der Waals surface area contributed by atoms with Gasteiger partial charge >= 0.3 is 0 Å². The summed E-state index contributed by atoms with van der Waals surface area (Å²) < 4.78 is 0. The number of nitro benzene ring substituents is 1. The zero-order valence-corrected chi connectivity index (χ0v) is 17.2. The van der Waals surface area contributed by atoms with Crippen molar-refractivity contribution in [2.24, 2.45) is 0 Å². The van der Waals surface area contributed by atoms with Gasteiger partial charge in [0.1, 0.15) is 22.5 Å². The molecule has 0 radical (unpaired) electrons. The van der Waals surface area contributed by atoms with Gasteiger partial charge in [0.15, 0.2) is 0 Å². The molecule has 2 heterocycles. The van der Waals surface area contributed by atoms with Gasteiger partial charge in [-0.25, -0.2) is 4.90 Å². The van der Waals surface area contributed by atoms with Gasteiger partial charge in [-0.2, -0.15) is 0 Å². The number of rotatable bonds is 3. The molecule has 6 rings (SSSR count). The van der Waals surface area contributed by atoms with E-state index in [0.29, 0.717) is 16.7 Å². The maximum Gasteiger partial charge on any atom is 0.277 e. The fraction of sp³-hybridized carbons (Fsp3) is 0. The molecule has 0 atom stereocenters. The third-order valence-corrected chi connectivity index (χ3v) is 5.80. The molecule has 0 saturated carbocycles. The lowest BCUT2D eigenvalue weighted by molar-refractivity contribution is -0.383. The van der Waals surface area contributed by atoms with E-state index >= 15 is 0 Å². The minimum absolute atomic E-state index is 0.00297. The van der Waals surface area contributed by atoms with Gasteiger partial charge in [0.05, 0.1) is 16.0 Å². The van der Waals surface area contributed by atoms with Gasteiger partial charge in [-0.05, 0) is 48.5 Å². The summed E-state index contributed by atoms with van der Waals surface area (Å²) >= 11 is 0. The van der Waals surface area contributed by atoms with Gasteiger partial charge in [-0.1, -0.05) is 18.2 Å². The molecule has 1 aliphatic heterocycles. The summed E-state index contributed by atoms with van der Waals surface area (Å²) in [4.78, 5) is 39.9. The molecule has 0 spiro atoms. The van der Waals surface area contributed by atoms with Crippen LogP contribution in [-0.4, -0.2) is 36.8 Å². The molecule has 1 aliphatic rings. The Labute approximate surface area is 190 Å². The van der Waals surface area contributed by atoms with Gasteiger partial charge in [-0.15, -0.1) is 15.0 Å². The van der Waals surface area contributed by atoms with E-state index in [1.807, 2.05) is 0 Å². The second kappa shape index (κ2) is 6.94. The fourth-order valence-corrected chi connectivity index (χ4v) is 4.26. The molecule has 4 aromatic carbocycles. The number of hydrogen-bond acceptors (Lipinski definition) is 7. The molecule has 10 nitrogen and oxygen atoms in total. The number of phenols is 1. The lowest BCUT2D eigenvalue weighted by atomic mass is 9.92. The Balaban J connectivity index is 1.48. The standard InChI is InChI=1S/C24H13N5O5/c30-21-7-2-1-6-20(21)28-25-17-10-8-13(12-18(17)26-28)27-23(31)15-5-3-4-14-19(29(33)34)11-9-16(22(14)15)24(27)32/h1-12,30H. The van der Waals surface area contributed by atoms with Crippen molar-refractivity contribution in [3.8, 4) is 11.4 Å². The highest BCUT2D eigenvalue weighted by molar-refractivity contribution is 6.36. The number of hydrogen-bond donors (Lipinski definition) is 1. The number of aromatic nitrogens is 3. The first-order valence-corrected chi connectivity index (χ1v) is 10.2. The Morgan fingerprint density at radius 1 is 0.824 bits per heavy atom. The number of aromatic hydroxyl groups is 1. The normalized spacial score (nSPS) is 13.1. The molecule has 2 amide bonds. The number of benzene rings is 4. The Morgan fingerprint density at radius 2 is 1.56 bits per heavy atom. The number of para-hydroxylation sites is 2. The number of carbonyl (C=O) groups excluding carboxylic acids is 2. The minimum atomic E-state index is -0.587. The number of phenolic OH excluding ortho intramolecular Hbond substituents is 1. The Morgan fingerprint density at radius 3 is 2.32 bits per heavy atom. The van der Waals surface area contributed by atoms with E-state index < -0.39 is 16.7 Å². The second-order valence-electron chi connectivity index (χ2n) is 7.71. The molecule has 0 unspecified atom stereocenters. The number of nitrogens with zero attached hydrogens (tertiary/aromatic N) is 5. The van der Waals surface area contributed by atoms with Gasteiger partial charge in [-0.3, -0.25) is 19.7 Å². The van der Waals surface area contributed by atoms with Gasteiger partial charge < -0.3 is 5.11 Å². The van der Waals surface area contributed by atoms with Crippen molar-refractivity contribution < 1.29 is 19.6 Å². The molecule has 0 fully saturated rings. The van der Waals surface area contributed by atoms with E-state index in [9.17, 15) is 24.8 Å². The summed E-state index contributed by atoms with van der Waals surface area (Å²) in [6.07, 6.45) is 0. The van der Waals surface area contributed by atoms with Gasteiger partial charge in [0, 0.05) is 22.6 Å². The minimum Gasteiger partial charge on any atom is -0.506 e. The topological polar surface area (TPSA) is 131 Å². The molecule has 0 aliphatic carbocycles. The molecular weight excluding hydrogens is 438 g/mol. The maximum atomic E-state index is 13.4. The summed E-state index contributed by atoms with van der Waals surface area (Å²) in [5.41, 5.74) is 1.82. The number of anilines is 1. The predicted octanol–water partition coefficient (Wildman–Crippen LogP) is 3.99. The largest absolute Gasteiger partial charge is 0.506 e. The van der Waals surface area contributed by atoms with Crippen LogP contribution in [0.5, 0.6) is 5.75 Å². The van der Waals surface area contributed by atoms with Crippen molar-refractivity contribution in [2.75, 3.05) is 4.90 Å². The number of nitro groups is 1. The van der Waals surface area contributed by atoms with Crippen LogP contribution in [0, 0.1) is 10.1 Å². The van der Waals surface area contributed by atoms with E-state index in [-0.39, 0.29) is 39.0 Å². The van der Waals surface area contributed by atoms with Crippen LogP contribution in [0.4, 0.5) is 11.4 Å². The average Bonchev–Trinajstić information content (AvgIpc) is 3.25. The SMILES string of the molecule is O=C1c2cccc3c([N+](=O)[O-])ccc(c23)C(=O)N1c1ccc2nn(-c3ccccc3O)nc2c1. The molecule has 5 aromatic rings. The summed E-state index contributed by atoms with van der Waals surface area (Å²) in [5, 5.41) is 30.8. The lowest BCUT2D eigenvalue weighted by Gasteiger charge is -2.27. The van der Waals surface area contributed by atoms with Crippen molar-refractivity contribution in [2.45, 2.75) is 0 Å². The number of non-ortho nitro benzene ring substituents is 1. The van der Waals surface area contributed by atoms with Gasteiger partial charge in [0.25, 0.3) is 17.5 Å². The number of amides is 2. The number of imide groups is 1. The van der Waals surface area contributed by atoms with Crippen molar-refractivity contribution >= 4 is 45.0 Å². The van der Waals surface area contributed by atoms with Crippen LogP contribution < -0.4 is 4.90 Å². The third-order valence-electron chi connectivity index (χ3n) is 5.80. The molecule has 164 valence electrons. The first-order valence-electron chi connectivity index (χ1n) is 10.2. The Kier molecular flexibility index (Phi) is 3.99.